The van der Waals surface area contributed by atoms with E-state index in [1.54, 1.807) is 24.3 Å². The molecule has 1 heterocycles. The standard InChI is InChI=1S/C19H17Cl2N3O4/c1-3-26-15-8-5-11(9-16(15)27-4-2)18-23-24-19(28-18)22-17(25)13-10-12(20)6-7-14(13)21/h5-10H,3-4H2,1-2H3,(H,22,24,25). The van der Waals surface area contributed by atoms with Crippen LogP contribution in [0.5, 0.6) is 11.5 Å². The zero-order valence-electron chi connectivity index (χ0n) is 15.2. The molecule has 7 nitrogen and oxygen atoms in total. The largest absolute Gasteiger partial charge is 0.490 e. The van der Waals surface area contributed by atoms with Crippen LogP contribution < -0.4 is 14.8 Å². The summed E-state index contributed by atoms with van der Waals surface area (Å²) < 4.78 is 16.7. The summed E-state index contributed by atoms with van der Waals surface area (Å²) in [5.41, 5.74) is 0.828. The normalized spacial score (nSPS) is 10.6. The number of anilines is 1. The molecule has 0 saturated heterocycles. The summed E-state index contributed by atoms with van der Waals surface area (Å²) >= 11 is 11.9. The fourth-order valence-electron chi connectivity index (χ4n) is 2.41. The Labute approximate surface area is 171 Å². The molecule has 1 amide bonds. The lowest BCUT2D eigenvalue weighted by atomic mass is 10.2. The number of rotatable bonds is 7. The van der Waals surface area contributed by atoms with Crippen molar-refractivity contribution in [3.8, 4) is 23.0 Å². The van der Waals surface area contributed by atoms with Crippen LogP contribution in [0, 0.1) is 0 Å². The molecule has 0 spiro atoms. The van der Waals surface area contributed by atoms with E-state index in [-0.39, 0.29) is 22.5 Å². The van der Waals surface area contributed by atoms with E-state index < -0.39 is 5.91 Å². The lowest BCUT2D eigenvalue weighted by molar-refractivity contribution is 0.102. The van der Waals surface area contributed by atoms with Crippen molar-refractivity contribution in [2.24, 2.45) is 0 Å². The van der Waals surface area contributed by atoms with Crippen LogP contribution in [0.25, 0.3) is 11.5 Å². The summed E-state index contributed by atoms with van der Waals surface area (Å²) in [4.78, 5) is 12.4. The van der Waals surface area contributed by atoms with E-state index >= 15 is 0 Å². The van der Waals surface area contributed by atoms with Crippen molar-refractivity contribution in [2.45, 2.75) is 13.8 Å². The lowest BCUT2D eigenvalue weighted by Gasteiger charge is -2.11. The van der Waals surface area contributed by atoms with E-state index in [0.717, 1.165) is 0 Å². The highest BCUT2D eigenvalue weighted by Crippen LogP contribution is 2.33. The minimum Gasteiger partial charge on any atom is -0.490 e. The molecule has 0 aliphatic rings. The first-order valence-electron chi connectivity index (χ1n) is 8.51. The van der Waals surface area contributed by atoms with Gasteiger partial charge in [0.2, 0.25) is 5.89 Å². The van der Waals surface area contributed by atoms with Gasteiger partial charge < -0.3 is 13.9 Å². The number of hydrogen-bond acceptors (Lipinski definition) is 6. The van der Waals surface area contributed by atoms with Crippen LogP contribution in [-0.4, -0.2) is 29.3 Å². The molecule has 0 unspecified atom stereocenters. The fourth-order valence-corrected chi connectivity index (χ4v) is 2.79. The van der Waals surface area contributed by atoms with E-state index in [4.69, 9.17) is 37.1 Å². The van der Waals surface area contributed by atoms with Crippen LogP contribution in [0.15, 0.2) is 40.8 Å². The predicted octanol–water partition coefficient (Wildman–Crippen LogP) is 5.09. The summed E-state index contributed by atoms with van der Waals surface area (Å²) in [6, 6.07) is 9.78. The highest BCUT2D eigenvalue weighted by atomic mass is 35.5. The van der Waals surface area contributed by atoms with Crippen LogP contribution in [0.1, 0.15) is 24.2 Å². The van der Waals surface area contributed by atoms with Crippen molar-refractivity contribution in [3.05, 3.63) is 52.0 Å². The summed E-state index contributed by atoms with van der Waals surface area (Å²) in [6.07, 6.45) is 0. The van der Waals surface area contributed by atoms with Crippen molar-refractivity contribution in [3.63, 3.8) is 0 Å². The Bertz CT molecular complexity index is 991. The Hall–Kier alpha value is -2.77. The number of halogens is 2. The zero-order chi connectivity index (χ0) is 20.1. The number of nitrogens with zero attached hydrogens (tertiary/aromatic N) is 2. The van der Waals surface area contributed by atoms with Crippen LogP contribution >= 0.6 is 23.2 Å². The van der Waals surface area contributed by atoms with Gasteiger partial charge in [-0.15, -0.1) is 5.10 Å². The minimum atomic E-state index is -0.510. The molecule has 1 N–H and O–H groups in total. The molecule has 0 aliphatic carbocycles. The van der Waals surface area contributed by atoms with E-state index in [1.165, 1.54) is 12.1 Å². The summed E-state index contributed by atoms with van der Waals surface area (Å²) in [5.74, 6) is 0.897. The molecule has 9 heteroatoms. The van der Waals surface area contributed by atoms with Crippen molar-refractivity contribution in [1.29, 1.82) is 0 Å². The van der Waals surface area contributed by atoms with Crippen LogP contribution in [0.3, 0.4) is 0 Å². The zero-order valence-corrected chi connectivity index (χ0v) is 16.7. The van der Waals surface area contributed by atoms with Crippen LogP contribution in [0.2, 0.25) is 10.0 Å². The fraction of sp³-hybridized carbons (Fsp3) is 0.211. The van der Waals surface area contributed by atoms with Crippen molar-refractivity contribution in [1.82, 2.24) is 10.2 Å². The van der Waals surface area contributed by atoms with E-state index in [9.17, 15) is 4.79 Å². The summed E-state index contributed by atoms with van der Waals surface area (Å²) in [7, 11) is 0. The molecular formula is C19H17Cl2N3O4. The molecule has 28 heavy (non-hydrogen) atoms. The van der Waals surface area contributed by atoms with Gasteiger partial charge in [-0.2, -0.15) is 0 Å². The Morgan fingerprint density at radius 2 is 1.79 bits per heavy atom. The maximum absolute atomic E-state index is 12.4. The highest BCUT2D eigenvalue weighted by molar-refractivity contribution is 6.36. The Morgan fingerprint density at radius 3 is 2.54 bits per heavy atom. The average Bonchev–Trinajstić information content (AvgIpc) is 3.14. The molecule has 0 fully saturated rings. The van der Waals surface area contributed by atoms with E-state index in [2.05, 4.69) is 15.5 Å². The second kappa shape index (κ2) is 8.95. The number of amides is 1. The van der Waals surface area contributed by atoms with Gasteiger partial charge in [-0.25, -0.2) is 0 Å². The molecule has 0 saturated carbocycles. The topological polar surface area (TPSA) is 86.5 Å². The molecule has 3 rings (SSSR count). The second-order valence-electron chi connectivity index (χ2n) is 5.52. The molecule has 0 radical (unpaired) electrons. The number of hydrogen-bond donors (Lipinski definition) is 1. The third-order valence-electron chi connectivity index (χ3n) is 3.61. The first-order valence-corrected chi connectivity index (χ1v) is 9.27. The molecular weight excluding hydrogens is 405 g/mol. The van der Waals surface area contributed by atoms with Crippen molar-refractivity contribution in [2.75, 3.05) is 18.5 Å². The summed E-state index contributed by atoms with van der Waals surface area (Å²) in [6.45, 7) is 4.77. The van der Waals surface area contributed by atoms with Gasteiger partial charge in [0, 0.05) is 10.6 Å². The van der Waals surface area contributed by atoms with Gasteiger partial charge in [-0.05, 0) is 50.2 Å². The molecule has 0 bridgehead atoms. The number of carbonyl (C=O) groups is 1. The number of nitrogens with one attached hydrogen (secondary N) is 1. The number of benzene rings is 2. The van der Waals surface area contributed by atoms with Crippen LogP contribution in [-0.2, 0) is 0 Å². The van der Waals surface area contributed by atoms with Gasteiger partial charge in [0.1, 0.15) is 0 Å². The third kappa shape index (κ3) is 4.55. The molecule has 146 valence electrons. The second-order valence-corrected chi connectivity index (χ2v) is 6.36. The maximum atomic E-state index is 12.4. The monoisotopic (exact) mass is 421 g/mol. The van der Waals surface area contributed by atoms with Gasteiger partial charge in [-0.1, -0.05) is 28.3 Å². The SMILES string of the molecule is CCOc1ccc(-c2nnc(NC(=O)c3cc(Cl)ccc3Cl)o2)cc1OCC. The quantitative estimate of drug-likeness (QED) is 0.571. The van der Waals surface area contributed by atoms with Crippen molar-refractivity contribution >= 4 is 35.1 Å². The molecule has 0 aliphatic heterocycles. The van der Waals surface area contributed by atoms with Gasteiger partial charge in [0.15, 0.2) is 11.5 Å². The molecule has 3 aromatic rings. The molecule has 2 aromatic carbocycles. The highest BCUT2D eigenvalue weighted by Gasteiger charge is 2.17. The van der Waals surface area contributed by atoms with Crippen LogP contribution in [0.4, 0.5) is 6.01 Å². The first kappa shape index (κ1) is 20.0. The van der Waals surface area contributed by atoms with E-state index in [1.807, 2.05) is 13.8 Å². The number of carbonyl (C=O) groups excluding carboxylic acids is 1. The average molecular weight is 422 g/mol. The van der Waals surface area contributed by atoms with Crippen molar-refractivity contribution < 1.29 is 18.7 Å². The van der Waals surface area contributed by atoms with Gasteiger partial charge in [-0.3, -0.25) is 10.1 Å². The smallest absolute Gasteiger partial charge is 0.322 e. The Morgan fingerprint density at radius 1 is 1.04 bits per heavy atom. The molecule has 1 aromatic heterocycles. The molecule has 0 atom stereocenters. The first-order chi connectivity index (χ1) is 13.5. The minimum absolute atomic E-state index is 0.0668. The van der Waals surface area contributed by atoms with Gasteiger partial charge in [0.25, 0.3) is 5.91 Å². The number of aromatic nitrogens is 2. The third-order valence-corrected chi connectivity index (χ3v) is 4.17. The van der Waals surface area contributed by atoms with Gasteiger partial charge >= 0.3 is 6.01 Å². The Kier molecular flexibility index (Phi) is 6.38. The maximum Gasteiger partial charge on any atom is 0.322 e. The summed E-state index contributed by atoms with van der Waals surface area (Å²) in [5, 5.41) is 11.0. The van der Waals surface area contributed by atoms with Gasteiger partial charge in [0.05, 0.1) is 23.8 Å². The predicted molar refractivity (Wildman–Crippen MR) is 106 cm³/mol. The van der Waals surface area contributed by atoms with E-state index in [0.29, 0.717) is 35.3 Å². The lowest BCUT2D eigenvalue weighted by Crippen LogP contribution is -2.12. The Balaban J connectivity index is 1.81. The number of ether oxygens (including phenoxy) is 2.